The summed E-state index contributed by atoms with van der Waals surface area (Å²) in [4.78, 5) is 11.5. The topological polar surface area (TPSA) is 50.4 Å². The van der Waals surface area contributed by atoms with E-state index in [0.29, 0.717) is 12.6 Å². The third-order valence-corrected chi connectivity index (χ3v) is 4.27. The minimum atomic E-state index is 0.210. The Morgan fingerprint density at radius 2 is 2.15 bits per heavy atom. The minimum Gasteiger partial charge on any atom is -0.493 e. The predicted octanol–water partition coefficient (Wildman–Crippen LogP) is 2.39. The van der Waals surface area contributed by atoms with Crippen molar-refractivity contribution in [2.24, 2.45) is 5.92 Å². The van der Waals surface area contributed by atoms with Gasteiger partial charge in [0, 0.05) is 41.5 Å². The number of fused-ring (bicyclic) bond motifs is 1. The highest BCUT2D eigenvalue weighted by atomic mass is 79.9. The molecule has 0 saturated heterocycles. The molecule has 0 radical (unpaired) electrons. The summed E-state index contributed by atoms with van der Waals surface area (Å²) in [5, 5.41) is 6.48. The van der Waals surface area contributed by atoms with Gasteiger partial charge in [0.15, 0.2) is 0 Å². The Balaban J connectivity index is 1.51. The number of halogens is 1. The molecule has 1 heterocycles. The van der Waals surface area contributed by atoms with Crippen molar-refractivity contribution in [3.63, 3.8) is 0 Å². The fourth-order valence-corrected chi connectivity index (χ4v) is 2.88. The Hall–Kier alpha value is -1.07. The standard InChI is InChI=1S/C15H19BrN2O2/c16-11-3-4-14-12(9-11)13(5-8-20-14)17-6-7-18-15(19)10-1-2-10/h3-4,9-10,13,17H,1-2,5-8H2,(H,18,19). The van der Waals surface area contributed by atoms with E-state index in [1.807, 2.05) is 12.1 Å². The monoisotopic (exact) mass is 338 g/mol. The van der Waals surface area contributed by atoms with Gasteiger partial charge < -0.3 is 15.4 Å². The van der Waals surface area contributed by atoms with Crippen LogP contribution in [-0.4, -0.2) is 25.6 Å². The van der Waals surface area contributed by atoms with Crippen LogP contribution < -0.4 is 15.4 Å². The first-order valence-electron chi connectivity index (χ1n) is 7.17. The molecule has 1 aliphatic heterocycles. The Morgan fingerprint density at radius 3 is 2.95 bits per heavy atom. The maximum absolute atomic E-state index is 11.5. The maximum Gasteiger partial charge on any atom is 0.223 e. The molecule has 0 spiro atoms. The van der Waals surface area contributed by atoms with E-state index in [2.05, 4.69) is 32.6 Å². The fraction of sp³-hybridized carbons (Fsp3) is 0.533. The first-order chi connectivity index (χ1) is 9.74. The van der Waals surface area contributed by atoms with Gasteiger partial charge in [-0.3, -0.25) is 4.79 Å². The van der Waals surface area contributed by atoms with Crippen LogP contribution in [0, 0.1) is 5.92 Å². The first-order valence-corrected chi connectivity index (χ1v) is 7.96. The van der Waals surface area contributed by atoms with Crippen LogP contribution in [0.5, 0.6) is 5.75 Å². The van der Waals surface area contributed by atoms with E-state index in [1.165, 1.54) is 5.56 Å². The highest BCUT2D eigenvalue weighted by molar-refractivity contribution is 9.10. The van der Waals surface area contributed by atoms with Crippen LogP contribution in [0.2, 0.25) is 0 Å². The molecule has 2 aliphatic rings. The third kappa shape index (κ3) is 3.33. The van der Waals surface area contributed by atoms with Crippen molar-refractivity contribution < 1.29 is 9.53 Å². The van der Waals surface area contributed by atoms with Crippen molar-refractivity contribution in [1.82, 2.24) is 10.6 Å². The molecule has 1 aliphatic carbocycles. The molecule has 4 nitrogen and oxygen atoms in total. The smallest absolute Gasteiger partial charge is 0.223 e. The molecule has 3 rings (SSSR count). The number of carbonyl (C=O) groups excluding carboxylic acids is 1. The number of rotatable bonds is 5. The summed E-state index contributed by atoms with van der Waals surface area (Å²) in [7, 11) is 0. The van der Waals surface area contributed by atoms with Gasteiger partial charge in [-0.05, 0) is 31.0 Å². The quantitative estimate of drug-likeness (QED) is 0.810. The van der Waals surface area contributed by atoms with Gasteiger partial charge in [-0.1, -0.05) is 15.9 Å². The van der Waals surface area contributed by atoms with Crippen molar-refractivity contribution in [2.75, 3.05) is 19.7 Å². The van der Waals surface area contributed by atoms with E-state index in [4.69, 9.17) is 4.74 Å². The van der Waals surface area contributed by atoms with E-state index < -0.39 is 0 Å². The van der Waals surface area contributed by atoms with Gasteiger partial charge >= 0.3 is 0 Å². The second kappa shape index (κ2) is 6.14. The lowest BCUT2D eigenvalue weighted by atomic mass is 10.0. The van der Waals surface area contributed by atoms with Crippen molar-refractivity contribution in [1.29, 1.82) is 0 Å². The Kier molecular flexibility index (Phi) is 4.27. The van der Waals surface area contributed by atoms with E-state index in [9.17, 15) is 4.79 Å². The van der Waals surface area contributed by atoms with Crippen LogP contribution in [0.25, 0.3) is 0 Å². The Bertz CT molecular complexity index is 503. The average Bonchev–Trinajstić information content (AvgIpc) is 3.28. The molecule has 20 heavy (non-hydrogen) atoms. The normalized spacial score (nSPS) is 20.9. The summed E-state index contributed by atoms with van der Waals surface area (Å²) in [6, 6.07) is 6.41. The molecule has 0 bridgehead atoms. The molecule has 2 N–H and O–H groups in total. The minimum absolute atomic E-state index is 0.210. The van der Waals surface area contributed by atoms with E-state index in [0.717, 1.165) is 42.6 Å². The second-order valence-electron chi connectivity index (χ2n) is 5.39. The van der Waals surface area contributed by atoms with Crippen LogP contribution in [0.4, 0.5) is 0 Å². The number of ether oxygens (including phenoxy) is 1. The largest absolute Gasteiger partial charge is 0.493 e. The maximum atomic E-state index is 11.5. The van der Waals surface area contributed by atoms with Gasteiger partial charge in [0.25, 0.3) is 0 Å². The van der Waals surface area contributed by atoms with Crippen LogP contribution in [0.15, 0.2) is 22.7 Å². The number of hydrogen-bond donors (Lipinski definition) is 2. The fourth-order valence-electron chi connectivity index (χ4n) is 2.50. The molecule has 1 amide bonds. The summed E-state index contributed by atoms with van der Waals surface area (Å²) in [5.74, 6) is 1.45. The molecule has 1 fully saturated rings. The molecule has 1 atom stereocenters. The number of benzene rings is 1. The number of carbonyl (C=O) groups is 1. The van der Waals surface area contributed by atoms with Crippen LogP contribution in [-0.2, 0) is 4.79 Å². The van der Waals surface area contributed by atoms with Gasteiger partial charge in [0.2, 0.25) is 5.91 Å². The van der Waals surface area contributed by atoms with E-state index in [-0.39, 0.29) is 11.8 Å². The number of nitrogens with one attached hydrogen (secondary N) is 2. The van der Waals surface area contributed by atoms with Crippen molar-refractivity contribution >= 4 is 21.8 Å². The van der Waals surface area contributed by atoms with Gasteiger partial charge in [0.05, 0.1) is 6.61 Å². The summed E-state index contributed by atoms with van der Waals surface area (Å²) < 4.78 is 6.73. The zero-order chi connectivity index (χ0) is 13.9. The molecule has 1 saturated carbocycles. The Labute approximate surface area is 127 Å². The van der Waals surface area contributed by atoms with E-state index >= 15 is 0 Å². The van der Waals surface area contributed by atoms with E-state index in [1.54, 1.807) is 0 Å². The predicted molar refractivity (Wildman–Crippen MR) is 80.7 cm³/mol. The summed E-state index contributed by atoms with van der Waals surface area (Å²) in [6.07, 6.45) is 3.07. The van der Waals surface area contributed by atoms with Crippen LogP contribution >= 0.6 is 15.9 Å². The molecule has 1 aromatic rings. The van der Waals surface area contributed by atoms with Crippen molar-refractivity contribution in [3.05, 3.63) is 28.2 Å². The Morgan fingerprint density at radius 1 is 1.30 bits per heavy atom. The summed E-state index contributed by atoms with van der Waals surface area (Å²) in [5.41, 5.74) is 1.19. The molecular weight excluding hydrogens is 320 g/mol. The molecule has 1 unspecified atom stereocenters. The van der Waals surface area contributed by atoms with Crippen molar-refractivity contribution in [3.8, 4) is 5.75 Å². The van der Waals surface area contributed by atoms with Crippen LogP contribution in [0.3, 0.4) is 0 Å². The van der Waals surface area contributed by atoms with Gasteiger partial charge in [-0.2, -0.15) is 0 Å². The lowest BCUT2D eigenvalue weighted by Gasteiger charge is -2.27. The lowest BCUT2D eigenvalue weighted by molar-refractivity contribution is -0.122. The molecule has 0 aromatic heterocycles. The zero-order valence-electron chi connectivity index (χ0n) is 11.3. The SMILES string of the molecule is O=C(NCCNC1CCOc2ccc(Br)cc21)C1CC1. The number of amides is 1. The van der Waals surface area contributed by atoms with Crippen LogP contribution in [0.1, 0.15) is 30.9 Å². The van der Waals surface area contributed by atoms with Crippen molar-refractivity contribution in [2.45, 2.75) is 25.3 Å². The van der Waals surface area contributed by atoms with Gasteiger partial charge in [-0.25, -0.2) is 0 Å². The highest BCUT2D eigenvalue weighted by Crippen LogP contribution is 2.34. The average molecular weight is 339 g/mol. The lowest BCUT2D eigenvalue weighted by Crippen LogP contribution is -2.35. The number of hydrogen-bond acceptors (Lipinski definition) is 3. The highest BCUT2D eigenvalue weighted by Gasteiger charge is 2.29. The molecule has 108 valence electrons. The zero-order valence-corrected chi connectivity index (χ0v) is 12.9. The third-order valence-electron chi connectivity index (χ3n) is 3.77. The second-order valence-corrected chi connectivity index (χ2v) is 6.31. The van der Waals surface area contributed by atoms with Gasteiger partial charge in [-0.15, -0.1) is 0 Å². The molecule has 5 heteroatoms. The first kappa shape index (κ1) is 13.9. The molecular formula is C15H19BrN2O2. The summed E-state index contributed by atoms with van der Waals surface area (Å²) >= 11 is 3.50. The molecule has 1 aromatic carbocycles. The summed E-state index contributed by atoms with van der Waals surface area (Å²) in [6.45, 7) is 2.21. The van der Waals surface area contributed by atoms with Gasteiger partial charge in [0.1, 0.15) is 5.75 Å².